The van der Waals surface area contributed by atoms with Gasteiger partial charge in [-0.05, 0) is 23.9 Å². The van der Waals surface area contributed by atoms with Gasteiger partial charge in [-0.25, -0.2) is 4.79 Å². The summed E-state index contributed by atoms with van der Waals surface area (Å²) in [5.74, 6) is -1.62. The maximum Gasteiger partial charge on any atom is 0.315 e. The molecule has 1 aliphatic heterocycles. The zero-order valence-electron chi connectivity index (χ0n) is 10.5. The number of aliphatic carboxylic acids is 1. The quantitative estimate of drug-likeness (QED) is 0.768. The first-order valence-electron chi connectivity index (χ1n) is 5.96. The Bertz CT molecular complexity index is 474. The van der Waals surface area contributed by atoms with Crippen LogP contribution in [0.3, 0.4) is 0 Å². The molecular weight excluding hydrogens is 268 g/mol. The van der Waals surface area contributed by atoms with Gasteiger partial charge in [0.1, 0.15) is 5.92 Å². The van der Waals surface area contributed by atoms with Gasteiger partial charge in [0.05, 0.1) is 25.8 Å². The van der Waals surface area contributed by atoms with Crippen molar-refractivity contribution < 1.29 is 19.4 Å². The van der Waals surface area contributed by atoms with Crippen molar-refractivity contribution in [3.05, 3.63) is 21.9 Å². The third-order valence-corrected chi connectivity index (χ3v) is 4.11. The lowest BCUT2D eigenvalue weighted by Gasteiger charge is -2.16. The standard InChI is InChI=1S/C12H16N2O4S/c1-7-2-3-19-10(7)4-13-12(17)14-9-6-18-5-8(9)11(15)16/h2-3,8-9H,4-6H2,1H3,(H,15,16)(H2,13,14,17). The predicted molar refractivity (Wildman–Crippen MR) is 70.2 cm³/mol. The Labute approximate surface area is 114 Å². The highest BCUT2D eigenvalue weighted by Crippen LogP contribution is 2.15. The number of carboxylic acids is 1. The Morgan fingerprint density at radius 3 is 2.95 bits per heavy atom. The second kappa shape index (κ2) is 6.03. The third-order valence-electron chi connectivity index (χ3n) is 3.09. The van der Waals surface area contributed by atoms with E-state index >= 15 is 0 Å². The molecule has 2 unspecified atom stereocenters. The van der Waals surface area contributed by atoms with E-state index in [4.69, 9.17) is 9.84 Å². The molecule has 1 aliphatic rings. The minimum atomic E-state index is -0.947. The van der Waals surface area contributed by atoms with Crippen LogP contribution >= 0.6 is 11.3 Å². The molecule has 0 spiro atoms. The molecule has 6 nitrogen and oxygen atoms in total. The molecular formula is C12H16N2O4S. The number of thiophene rings is 1. The summed E-state index contributed by atoms with van der Waals surface area (Å²) < 4.78 is 5.08. The van der Waals surface area contributed by atoms with E-state index in [-0.39, 0.29) is 19.2 Å². The van der Waals surface area contributed by atoms with Crippen LogP contribution in [-0.4, -0.2) is 36.4 Å². The highest BCUT2D eigenvalue weighted by atomic mass is 32.1. The fraction of sp³-hybridized carbons (Fsp3) is 0.500. The molecule has 2 heterocycles. The molecule has 1 fully saturated rings. The third kappa shape index (κ3) is 3.45. The number of carbonyl (C=O) groups is 2. The van der Waals surface area contributed by atoms with Crippen molar-refractivity contribution in [2.45, 2.75) is 19.5 Å². The van der Waals surface area contributed by atoms with E-state index in [0.717, 1.165) is 10.4 Å². The maximum absolute atomic E-state index is 11.7. The first kappa shape index (κ1) is 13.8. The van der Waals surface area contributed by atoms with Gasteiger partial charge in [0.25, 0.3) is 0 Å². The summed E-state index contributed by atoms with van der Waals surface area (Å²) >= 11 is 1.58. The molecule has 0 bridgehead atoms. The van der Waals surface area contributed by atoms with Crippen LogP contribution in [0.5, 0.6) is 0 Å². The number of nitrogens with one attached hydrogen (secondary N) is 2. The number of urea groups is 1. The second-order valence-corrected chi connectivity index (χ2v) is 5.44. The summed E-state index contributed by atoms with van der Waals surface area (Å²) in [5, 5.41) is 16.3. The lowest BCUT2D eigenvalue weighted by atomic mass is 10.0. The molecule has 1 aromatic rings. The second-order valence-electron chi connectivity index (χ2n) is 4.44. The summed E-state index contributed by atoms with van der Waals surface area (Å²) in [4.78, 5) is 23.7. The summed E-state index contributed by atoms with van der Waals surface area (Å²) in [7, 11) is 0. The van der Waals surface area contributed by atoms with Crippen LogP contribution in [0.15, 0.2) is 11.4 Å². The van der Waals surface area contributed by atoms with Crippen LogP contribution in [0.2, 0.25) is 0 Å². The van der Waals surface area contributed by atoms with Crippen molar-refractivity contribution in [3.63, 3.8) is 0 Å². The van der Waals surface area contributed by atoms with E-state index in [1.54, 1.807) is 11.3 Å². The first-order chi connectivity index (χ1) is 9.08. The van der Waals surface area contributed by atoms with Gasteiger partial charge >= 0.3 is 12.0 Å². The summed E-state index contributed by atoms with van der Waals surface area (Å²) in [6.07, 6.45) is 0. The molecule has 1 aromatic heterocycles. The van der Waals surface area contributed by atoms with Crippen molar-refractivity contribution in [2.75, 3.05) is 13.2 Å². The average molecular weight is 284 g/mol. The molecule has 2 amide bonds. The highest BCUT2D eigenvalue weighted by Gasteiger charge is 2.34. The smallest absolute Gasteiger partial charge is 0.315 e. The van der Waals surface area contributed by atoms with E-state index in [2.05, 4.69) is 10.6 Å². The average Bonchev–Trinajstić information content (AvgIpc) is 2.95. The zero-order valence-corrected chi connectivity index (χ0v) is 11.3. The number of aryl methyl sites for hydroxylation is 1. The van der Waals surface area contributed by atoms with Crippen molar-refractivity contribution in [1.29, 1.82) is 0 Å². The van der Waals surface area contributed by atoms with Gasteiger partial charge in [-0.2, -0.15) is 0 Å². The van der Waals surface area contributed by atoms with Gasteiger partial charge in [-0.1, -0.05) is 0 Å². The molecule has 19 heavy (non-hydrogen) atoms. The fourth-order valence-corrected chi connectivity index (χ4v) is 2.75. The van der Waals surface area contributed by atoms with Gasteiger partial charge < -0.3 is 20.5 Å². The van der Waals surface area contributed by atoms with E-state index in [1.807, 2.05) is 18.4 Å². The number of carbonyl (C=O) groups excluding carboxylic acids is 1. The zero-order chi connectivity index (χ0) is 13.8. The number of rotatable bonds is 4. The minimum absolute atomic E-state index is 0.143. The summed E-state index contributed by atoms with van der Waals surface area (Å²) in [6.45, 7) is 2.81. The first-order valence-corrected chi connectivity index (χ1v) is 6.83. The van der Waals surface area contributed by atoms with Gasteiger partial charge in [0.15, 0.2) is 0 Å². The molecule has 0 aromatic carbocycles. The lowest BCUT2D eigenvalue weighted by molar-refractivity contribution is -0.142. The van der Waals surface area contributed by atoms with Gasteiger partial charge in [-0.15, -0.1) is 11.3 Å². The van der Waals surface area contributed by atoms with Crippen molar-refractivity contribution in [1.82, 2.24) is 10.6 Å². The van der Waals surface area contributed by atoms with Crippen LogP contribution in [-0.2, 0) is 16.1 Å². The molecule has 0 aliphatic carbocycles. The van der Waals surface area contributed by atoms with Gasteiger partial charge in [0.2, 0.25) is 0 Å². The van der Waals surface area contributed by atoms with Crippen molar-refractivity contribution in [2.24, 2.45) is 5.92 Å². The molecule has 2 rings (SSSR count). The molecule has 104 valence electrons. The van der Waals surface area contributed by atoms with E-state index in [1.165, 1.54) is 0 Å². The molecule has 1 saturated heterocycles. The minimum Gasteiger partial charge on any atom is -0.481 e. The Kier molecular flexibility index (Phi) is 4.39. The number of amides is 2. The normalized spacial score (nSPS) is 22.2. The van der Waals surface area contributed by atoms with Crippen LogP contribution in [0.4, 0.5) is 4.79 Å². The SMILES string of the molecule is Cc1ccsc1CNC(=O)NC1COCC1C(=O)O. The van der Waals surface area contributed by atoms with E-state index in [0.29, 0.717) is 6.54 Å². The van der Waals surface area contributed by atoms with E-state index < -0.39 is 17.9 Å². The van der Waals surface area contributed by atoms with Gasteiger partial charge in [-0.3, -0.25) is 4.79 Å². The molecule has 3 N–H and O–H groups in total. The Morgan fingerprint density at radius 2 is 2.32 bits per heavy atom. The highest BCUT2D eigenvalue weighted by molar-refractivity contribution is 7.10. The topological polar surface area (TPSA) is 87.7 Å². The van der Waals surface area contributed by atoms with Crippen LogP contribution < -0.4 is 10.6 Å². The Balaban J connectivity index is 1.81. The monoisotopic (exact) mass is 284 g/mol. The van der Waals surface area contributed by atoms with E-state index in [9.17, 15) is 9.59 Å². The fourth-order valence-electron chi connectivity index (χ4n) is 1.91. The van der Waals surface area contributed by atoms with Crippen LogP contribution in [0, 0.1) is 12.8 Å². The number of carboxylic acid groups (broad SMARTS) is 1. The summed E-state index contributed by atoms with van der Waals surface area (Å²) in [5.41, 5.74) is 1.14. The van der Waals surface area contributed by atoms with Crippen molar-refractivity contribution >= 4 is 23.3 Å². The molecule has 2 atom stereocenters. The van der Waals surface area contributed by atoms with Crippen molar-refractivity contribution in [3.8, 4) is 0 Å². The maximum atomic E-state index is 11.7. The van der Waals surface area contributed by atoms with Crippen LogP contribution in [0.25, 0.3) is 0 Å². The summed E-state index contributed by atoms with van der Waals surface area (Å²) in [6, 6.07) is 1.15. The number of hydrogen-bond acceptors (Lipinski definition) is 4. The predicted octanol–water partition coefficient (Wildman–Crippen LogP) is 0.955. The molecule has 0 radical (unpaired) electrons. The Morgan fingerprint density at radius 1 is 1.53 bits per heavy atom. The lowest BCUT2D eigenvalue weighted by Crippen LogP contribution is -2.46. The molecule has 7 heteroatoms. The number of ether oxygens (including phenoxy) is 1. The van der Waals surface area contributed by atoms with Crippen LogP contribution in [0.1, 0.15) is 10.4 Å². The largest absolute Gasteiger partial charge is 0.481 e. The number of hydrogen-bond donors (Lipinski definition) is 3. The Hall–Kier alpha value is -1.60. The molecule has 0 saturated carbocycles. The van der Waals surface area contributed by atoms with Gasteiger partial charge in [0, 0.05) is 4.88 Å².